The van der Waals surface area contributed by atoms with E-state index in [9.17, 15) is 9.59 Å². The van der Waals surface area contributed by atoms with Crippen molar-refractivity contribution in [2.24, 2.45) is 5.41 Å². The molecule has 120 valence electrons. The molecular formula is C17H23NO4. The van der Waals surface area contributed by atoms with Crippen LogP contribution in [0.15, 0.2) is 24.3 Å². The van der Waals surface area contributed by atoms with Crippen molar-refractivity contribution in [3.63, 3.8) is 0 Å². The molecular weight excluding hydrogens is 282 g/mol. The van der Waals surface area contributed by atoms with Crippen LogP contribution in [0, 0.1) is 5.41 Å². The number of benzene rings is 1. The quantitative estimate of drug-likeness (QED) is 0.686. The molecule has 0 spiro atoms. The van der Waals surface area contributed by atoms with Gasteiger partial charge in [-0.25, -0.2) is 4.79 Å². The fraction of sp³-hybridized carbons (Fsp3) is 0.529. The molecule has 0 bridgehead atoms. The predicted octanol–water partition coefficient (Wildman–Crippen LogP) is 2.89. The van der Waals surface area contributed by atoms with Crippen molar-refractivity contribution in [2.75, 3.05) is 0 Å². The van der Waals surface area contributed by atoms with E-state index in [2.05, 4.69) is 5.32 Å². The van der Waals surface area contributed by atoms with Crippen LogP contribution in [0.5, 0.6) is 5.75 Å². The van der Waals surface area contributed by atoms with Gasteiger partial charge in [-0.1, -0.05) is 6.92 Å². The second-order valence-electron chi connectivity index (χ2n) is 6.77. The van der Waals surface area contributed by atoms with Crippen molar-refractivity contribution >= 4 is 11.9 Å². The summed E-state index contributed by atoms with van der Waals surface area (Å²) in [6, 6.07) is 6.74. The summed E-state index contributed by atoms with van der Waals surface area (Å²) in [4.78, 5) is 23.5. The van der Waals surface area contributed by atoms with Crippen LogP contribution in [-0.2, 0) is 9.53 Å². The molecule has 1 heterocycles. The van der Waals surface area contributed by atoms with Crippen LogP contribution in [0.2, 0.25) is 0 Å². The van der Waals surface area contributed by atoms with Gasteiger partial charge in [-0.05, 0) is 58.4 Å². The van der Waals surface area contributed by atoms with E-state index in [-0.39, 0.29) is 18.1 Å². The maximum absolute atomic E-state index is 11.9. The number of esters is 1. The van der Waals surface area contributed by atoms with Gasteiger partial charge < -0.3 is 14.8 Å². The van der Waals surface area contributed by atoms with Crippen LogP contribution in [-0.4, -0.2) is 23.7 Å². The van der Waals surface area contributed by atoms with Gasteiger partial charge in [0.2, 0.25) is 5.91 Å². The Labute approximate surface area is 131 Å². The molecule has 1 aromatic rings. The Hall–Kier alpha value is -2.04. The third-order valence-corrected chi connectivity index (χ3v) is 3.84. The average Bonchev–Trinajstić information content (AvgIpc) is 2.45. The fourth-order valence-electron chi connectivity index (χ4n) is 2.13. The molecule has 1 saturated heterocycles. The first-order valence-electron chi connectivity index (χ1n) is 7.47. The molecule has 2 rings (SSSR count). The number of rotatable bonds is 4. The summed E-state index contributed by atoms with van der Waals surface area (Å²) in [6.45, 7) is 9.32. The van der Waals surface area contributed by atoms with E-state index in [1.165, 1.54) is 0 Å². The minimum absolute atomic E-state index is 0.00498. The molecule has 1 fully saturated rings. The molecule has 2 atom stereocenters. The second kappa shape index (κ2) is 5.63. The van der Waals surface area contributed by atoms with E-state index in [1.54, 1.807) is 24.3 Å². The summed E-state index contributed by atoms with van der Waals surface area (Å²) in [6.07, 6.45) is 0.372. The zero-order valence-electron chi connectivity index (χ0n) is 13.7. The number of amides is 1. The maximum Gasteiger partial charge on any atom is 0.338 e. The lowest BCUT2D eigenvalue weighted by Gasteiger charge is -2.44. The molecule has 0 aromatic heterocycles. The normalized spacial score (nSPS) is 24.2. The van der Waals surface area contributed by atoms with Crippen LogP contribution < -0.4 is 10.1 Å². The zero-order valence-corrected chi connectivity index (χ0v) is 13.7. The molecule has 1 amide bonds. The van der Waals surface area contributed by atoms with E-state index in [0.29, 0.717) is 17.7 Å². The topological polar surface area (TPSA) is 64.6 Å². The number of carbonyl (C=O) groups excluding carboxylic acids is 2. The number of hydrogen-bond acceptors (Lipinski definition) is 4. The van der Waals surface area contributed by atoms with Gasteiger partial charge in [-0.3, -0.25) is 4.79 Å². The summed E-state index contributed by atoms with van der Waals surface area (Å²) in [5.41, 5.74) is -0.548. The maximum atomic E-state index is 11.9. The van der Waals surface area contributed by atoms with E-state index in [1.807, 2.05) is 34.6 Å². The van der Waals surface area contributed by atoms with Crippen LogP contribution in [0.1, 0.15) is 51.4 Å². The first-order chi connectivity index (χ1) is 10.2. The van der Waals surface area contributed by atoms with Crippen molar-refractivity contribution < 1.29 is 19.1 Å². The number of ether oxygens (including phenoxy) is 2. The van der Waals surface area contributed by atoms with Gasteiger partial charge in [-0.15, -0.1) is 0 Å². The lowest BCUT2D eigenvalue weighted by atomic mass is 9.78. The zero-order chi connectivity index (χ0) is 16.5. The van der Waals surface area contributed by atoms with Gasteiger partial charge >= 0.3 is 5.97 Å². The Kier molecular flexibility index (Phi) is 4.18. The Morgan fingerprint density at radius 3 is 2.32 bits per heavy atom. The average molecular weight is 305 g/mol. The molecule has 1 N–H and O–H groups in total. The monoisotopic (exact) mass is 305 g/mol. The largest absolute Gasteiger partial charge is 0.470 e. The van der Waals surface area contributed by atoms with E-state index in [0.717, 1.165) is 0 Å². The molecule has 0 saturated carbocycles. The number of β-lactam (4-membered cyclic amide) rings is 1. The third kappa shape index (κ3) is 3.24. The minimum atomic E-state index is -0.522. The Bertz CT molecular complexity index is 573. The fourth-order valence-corrected chi connectivity index (χ4v) is 2.13. The first-order valence-corrected chi connectivity index (χ1v) is 7.47. The lowest BCUT2D eigenvalue weighted by molar-refractivity contribution is -0.158. The minimum Gasteiger partial charge on any atom is -0.470 e. The highest BCUT2D eigenvalue weighted by molar-refractivity contribution is 5.90. The van der Waals surface area contributed by atoms with Crippen LogP contribution in [0.3, 0.4) is 0 Å². The van der Waals surface area contributed by atoms with Crippen molar-refractivity contribution in [2.45, 2.75) is 52.9 Å². The van der Waals surface area contributed by atoms with Gasteiger partial charge in [0.25, 0.3) is 0 Å². The molecule has 5 heteroatoms. The summed E-state index contributed by atoms with van der Waals surface area (Å²) in [5, 5.41) is 2.75. The molecule has 1 aromatic carbocycles. The van der Waals surface area contributed by atoms with Crippen molar-refractivity contribution in [1.29, 1.82) is 0 Å². The molecule has 0 unspecified atom stereocenters. The highest BCUT2D eigenvalue weighted by atomic mass is 16.6. The summed E-state index contributed by atoms with van der Waals surface area (Å²) < 4.78 is 11.1. The Morgan fingerprint density at radius 2 is 1.86 bits per heavy atom. The SMILES string of the molecule is CC[C@]1(C)C(=O)N[C@H]1Oc1ccc(C(=O)OC(C)(C)C)cc1. The Balaban J connectivity index is 2.01. The van der Waals surface area contributed by atoms with Crippen molar-refractivity contribution in [1.82, 2.24) is 5.32 Å². The van der Waals surface area contributed by atoms with Crippen molar-refractivity contribution in [3.8, 4) is 5.75 Å². The molecule has 22 heavy (non-hydrogen) atoms. The van der Waals surface area contributed by atoms with Crippen molar-refractivity contribution in [3.05, 3.63) is 29.8 Å². The van der Waals surface area contributed by atoms with Gasteiger partial charge in [0.05, 0.1) is 5.56 Å². The number of nitrogens with one attached hydrogen (secondary N) is 1. The molecule has 0 aliphatic carbocycles. The smallest absolute Gasteiger partial charge is 0.338 e. The lowest BCUT2D eigenvalue weighted by Crippen LogP contribution is -2.67. The third-order valence-electron chi connectivity index (χ3n) is 3.84. The number of carbonyl (C=O) groups is 2. The highest BCUT2D eigenvalue weighted by Gasteiger charge is 2.51. The Morgan fingerprint density at radius 1 is 1.27 bits per heavy atom. The molecule has 1 aliphatic rings. The summed E-state index contributed by atoms with van der Waals surface area (Å²) in [7, 11) is 0. The van der Waals surface area contributed by atoms with Crippen LogP contribution >= 0.6 is 0 Å². The first kappa shape index (κ1) is 16.3. The van der Waals surface area contributed by atoms with E-state index < -0.39 is 11.0 Å². The standard InChI is InChI=1S/C17H23NO4/c1-6-17(5)14(20)18-15(17)21-12-9-7-11(8-10-12)13(19)22-16(2,3)4/h7-10,15H,6H2,1-5H3,(H,18,20)/t15-,17+/m0/s1. The highest BCUT2D eigenvalue weighted by Crippen LogP contribution is 2.35. The molecule has 0 radical (unpaired) electrons. The molecule has 1 aliphatic heterocycles. The van der Waals surface area contributed by atoms with Gasteiger partial charge in [0.1, 0.15) is 16.8 Å². The second-order valence-corrected chi connectivity index (χ2v) is 6.77. The van der Waals surface area contributed by atoms with E-state index >= 15 is 0 Å². The molecule has 5 nitrogen and oxygen atoms in total. The predicted molar refractivity (Wildman–Crippen MR) is 82.6 cm³/mol. The summed E-state index contributed by atoms with van der Waals surface area (Å²) in [5.74, 6) is 0.247. The van der Waals surface area contributed by atoms with Crippen LogP contribution in [0.4, 0.5) is 0 Å². The van der Waals surface area contributed by atoms with Crippen LogP contribution in [0.25, 0.3) is 0 Å². The summed E-state index contributed by atoms with van der Waals surface area (Å²) >= 11 is 0. The van der Waals surface area contributed by atoms with Gasteiger partial charge in [-0.2, -0.15) is 0 Å². The van der Waals surface area contributed by atoms with Gasteiger partial charge in [0, 0.05) is 0 Å². The van der Waals surface area contributed by atoms with Gasteiger partial charge in [0.15, 0.2) is 6.23 Å². The number of hydrogen-bond donors (Lipinski definition) is 1. The van der Waals surface area contributed by atoms with E-state index in [4.69, 9.17) is 9.47 Å².